The maximum atomic E-state index is 9.54. The minimum absolute atomic E-state index is 0.0910. The summed E-state index contributed by atoms with van der Waals surface area (Å²) in [5.41, 5.74) is 13.2. The van der Waals surface area contributed by atoms with Crippen LogP contribution in [0.4, 0.5) is 0 Å². The number of fused-ring (bicyclic) bond motifs is 6. The predicted octanol–water partition coefficient (Wildman–Crippen LogP) is 12.3. The number of nitrogens with zero attached hydrogens (tertiary/aromatic N) is 1. The van der Waals surface area contributed by atoms with Crippen molar-refractivity contribution in [2.75, 3.05) is 0 Å². The molecular formula is C46H31N. The minimum atomic E-state index is -0.0910. The van der Waals surface area contributed by atoms with E-state index < -0.39 is 0 Å². The second-order valence-corrected chi connectivity index (χ2v) is 13.2. The largest absolute Gasteiger partial charge is 0.192 e. The maximum Gasteiger partial charge on any atom is 0.0991 e. The Morgan fingerprint density at radius 1 is 0.426 bits per heavy atom. The quantitative estimate of drug-likeness (QED) is 0.186. The summed E-state index contributed by atoms with van der Waals surface area (Å²) in [5, 5.41) is 16.9. The van der Waals surface area contributed by atoms with Crippen molar-refractivity contribution in [1.82, 2.24) is 0 Å². The van der Waals surface area contributed by atoms with Crippen LogP contribution in [0.3, 0.4) is 0 Å². The summed E-state index contributed by atoms with van der Waals surface area (Å²) >= 11 is 0. The molecule has 0 fully saturated rings. The first-order valence-corrected chi connectivity index (χ1v) is 16.2. The molecule has 0 bridgehead atoms. The van der Waals surface area contributed by atoms with Crippen molar-refractivity contribution in [3.63, 3.8) is 0 Å². The molecule has 9 rings (SSSR count). The molecule has 0 N–H and O–H groups in total. The Balaban J connectivity index is 1.42. The lowest BCUT2D eigenvalue weighted by Crippen LogP contribution is -2.14. The highest BCUT2D eigenvalue weighted by atomic mass is 14.4. The van der Waals surface area contributed by atoms with Crippen LogP contribution in [0.15, 0.2) is 152 Å². The topological polar surface area (TPSA) is 23.8 Å². The molecule has 8 aromatic carbocycles. The number of hydrogen-bond acceptors (Lipinski definition) is 1. The SMILES string of the molecule is CC1(C)c2ccccc2-c2c(-c3c4ccccc4c(-c4ccc(C#N)cc4)c4ccc(-c5ccc6ccccc6c5)cc34)cccc21. The Bertz CT molecular complexity index is 2600. The van der Waals surface area contributed by atoms with Gasteiger partial charge in [-0.2, -0.15) is 5.26 Å². The predicted molar refractivity (Wildman–Crippen MR) is 198 cm³/mol. The van der Waals surface area contributed by atoms with E-state index in [1.807, 2.05) is 12.1 Å². The van der Waals surface area contributed by atoms with Crippen molar-refractivity contribution in [1.29, 1.82) is 5.26 Å². The molecule has 1 nitrogen and oxygen atoms in total. The molecule has 47 heavy (non-hydrogen) atoms. The van der Waals surface area contributed by atoms with Crippen molar-refractivity contribution in [3.8, 4) is 50.6 Å². The van der Waals surface area contributed by atoms with Crippen LogP contribution in [0.5, 0.6) is 0 Å². The lowest BCUT2D eigenvalue weighted by atomic mass is 9.80. The summed E-state index contributed by atoms with van der Waals surface area (Å²) in [6, 6.07) is 57.3. The van der Waals surface area contributed by atoms with Gasteiger partial charge in [0.1, 0.15) is 0 Å². The van der Waals surface area contributed by atoms with Gasteiger partial charge in [-0.3, -0.25) is 0 Å². The second kappa shape index (κ2) is 10.3. The van der Waals surface area contributed by atoms with Crippen LogP contribution in [0.2, 0.25) is 0 Å². The van der Waals surface area contributed by atoms with Gasteiger partial charge in [-0.05, 0) is 112 Å². The highest BCUT2D eigenvalue weighted by molar-refractivity contribution is 6.23. The van der Waals surface area contributed by atoms with Crippen molar-refractivity contribution in [3.05, 3.63) is 168 Å². The van der Waals surface area contributed by atoms with Crippen LogP contribution in [0.25, 0.3) is 76.8 Å². The minimum Gasteiger partial charge on any atom is -0.192 e. The smallest absolute Gasteiger partial charge is 0.0991 e. The van der Waals surface area contributed by atoms with Crippen LogP contribution in [-0.2, 0) is 5.41 Å². The van der Waals surface area contributed by atoms with E-state index in [-0.39, 0.29) is 5.41 Å². The normalized spacial score (nSPS) is 13.0. The highest BCUT2D eigenvalue weighted by Crippen LogP contribution is 2.54. The average Bonchev–Trinajstić information content (AvgIpc) is 3.36. The third kappa shape index (κ3) is 4.09. The molecule has 0 heterocycles. The molecular weight excluding hydrogens is 567 g/mol. The van der Waals surface area contributed by atoms with Gasteiger partial charge in [-0.25, -0.2) is 0 Å². The van der Waals surface area contributed by atoms with E-state index in [9.17, 15) is 5.26 Å². The van der Waals surface area contributed by atoms with E-state index in [2.05, 4.69) is 159 Å². The van der Waals surface area contributed by atoms with Gasteiger partial charge < -0.3 is 0 Å². The van der Waals surface area contributed by atoms with Crippen molar-refractivity contribution < 1.29 is 0 Å². The number of rotatable bonds is 3. The number of benzene rings is 8. The van der Waals surface area contributed by atoms with Crippen molar-refractivity contribution >= 4 is 32.3 Å². The first-order chi connectivity index (χ1) is 23.0. The fourth-order valence-corrected chi connectivity index (χ4v) is 8.00. The summed E-state index contributed by atoms with van der Waals surface area (Å²) in [6.45, 7) is 4.70. The summed E-state index contributed by atoms with van der Waals surface area (Å²) in [4.78, 5) is 0. The summed E-state index contributed by atoms with van der Waals surface area (Å²) in [7, 11) is 0. The fraction of sp³-hybridized carbons (Fsp3) is 0.0652. The zero-order valence-electron chi connectivity index (χ0n) is 26.4. The molecule has 220 valence electrons. The van der Waals surface area contributed by atoms with Gasteiger partial charge >= 0.3 is 0 Å². The van der Waals surface area contributed by atoms with Gasteiger partial charge in [0.2, 0.25) is 0 Å². The zero-order chi connectivity index (χ0) is 31.7. The Labute approximate surface area is 275 Å². The Kier molecular flexibility index (Phi) is 5.98. The Morgan fingerprint density at radius 3 is 1.83 bits per heavy atom. The Morgan fingerprint density at radius 2 is 1.02 bits per heavy atom. The molecule has 1 aliphatic rings. The van der Waals surface area contributed by atoms with Crippen LogP contribution >= 0.6 is 0 Å². The monoisotopic (exact) mass is 597 g/mol. The van der Waals surface area contributed by atoms with Crippen LogP contribution in [0, 0.1) is 11.3 Å². The van der Waals surface area contributed by atoms with E-state index >= 15 is 0 Å². The number of nitriles is 1. The molecule has 0 amide bonds. The van der Waals surface area contributed by atoms with Gasteiger partial charge in [-0.15, -0.1) is 0 Å². The van der Waals surface area contributed by atoms with Crippen LogP contribution < -0.4 is 0 Å². The molecule has 0 radical (unpaired) electrons. The van der Waals surface area contributed by atoms with Crippen LogP contribution in [-0.4, -0.2) is 0 Å². The van der Waals surface area contributed by atoms with E-state index in [0.29, 0.717) is 5.56 Å². The fourth-order valence-electron chi connectivity index (χ4n) is 8.00. The number of hydrogen-bond donors (Lipinski definition) is 0. The van der Waals surface area contributed by atoms with Crippen molar-refractivity contribution in [2.24, 2.45) is 0 Å². The molecule has 0 aliphatic heterocycles. The third-order valence-electron chi connectivity index (χ3n) is 10.3. The second-order valence-electron chi connectivity index (χ2n) is 13.2. The molecule has 0 aromatic heterocycles. The van der Waals surface area contributed by atoms with Gasteiger partial charge in [0.25, 0.3) is 0 Å². The molecule has 0 saturated carbocycles. The highest BCUT2D eigenvalue weighted by Gasteiger charge is 2.37. The van der Waals surface area contributed by atoms with E-state index in [4.69, 9.17) is 0 Å². The summed E-state index contributed by atoms with van der Waals surface area (Å²) in [6.07, 6.45) is 0. The third-order valence-corrected chi connectivity index (χ3v) is 10.3. The molecule has 0 spiro atoms. The van der Waals surface area contributed by atoms with Crippen LogP contribution in [0.1, 0.15) is 30.5 Å². The molecule has 0 saturated heterocycles. The molecule has 0 unspecified atom stereocenters. The van der Waals surface area contributed by atoms with E-state index in [1.165, 1.54) is 82.4 Å². The van der Waals surface area contributed by atoms with E-state index in [1.54, 1.807) is 0 Å². The first kappa shape index (κ1) is 27.3. The van der Waals surface area contributed by atoms with Gasteiger partial charge in [0.05, 0.1) is 11.6 Å². The zero-order valence-corrected chi connectivity index (χ0v) is 26.4. The molecule has 8 aromatic rings. The summed E-state index contributed by atoms with van der Waals surface area (Å²) < 4.78 is 0. The maximum absolute atomic E-state index is 9.54. The van der Waals surface area contributed by atoms with Gasteiger partial charge in [-0.1, -0.05) is 141 Å². The first-order valence-electron chi connectivity index (χ1n) is 16.2. The van der Waals surface area contributed by atoms with Crippen molar-refractivity contribution in [2.45, 2.75) is 19.3 Å². The Hall–Kier alpha value is -5.97. The molecule has 0 atom stereocenters. The summed E-state index contributed by atoms with van der Waals surface area (Å²) in [5.74, 6) is 0. The van der Waals surface area contributed by atoms with Gasteiger partial charge in [0, 0.05) is 5.41 Å². The lowest BCUT2D eigenvalue weighted by Gasteiger charge is -2.23. The molecule has 1 heteroatoms. The standard InChI is InChI=1S/C46H31N/c1-46(2)41-16-8-7-14-38(41)45-39(15-9-17-42(45)46)44-36-13-6-5-12-35(36)43(31-20-18-29(28-47)19-21-31)37-25-24-34(27-40(37)44)33-23-22-30-10-3-4-11-32(30)26-33/h3-27H,1-2H3. The van der Waals surface area contributed by atoms with Gasteiger partial charge in [0.15, 0.2) is 0 Å². The molecule has 1 aliphatic carbocycles. The lowest BCUT2D eigenvalue weighted by molar-refractivity contribution is 0.660. The van der Waals surface area contributed by atoms with E-state index in [0.717, 1.165) is 5.56 Å². The average molecular weight is 598 g/mol.